The van der Waals surface area contributed by atoms with Gasteiger partial charge in [-0.3, -0.25) is 4.31 Å². The van der Waals surface area contributed by atoms with Crippen LogP contribution in [0, 0.1) is 6.92 Å². The predicted octanol–water partition coefficient (Wildman–Crippen LogP) is 1.67. The van der Waals surface area contributed by atoms with Crippen molar-refractivity contribution in [3.8, 4) is 0 Å². The molecule has 0 saturated carbocycles. The molecule has 2 aromatic rings. The lowest BCUT2D eigenvalue weighted by atomic mass is 10.2. The Balaban J connectivity index is 2.38. The SMILES string of the molecule is Cc1cccc(N(C)S(=O)(=O)c2ccc(CN)cn2)c1. The molecule has 0 aliphatic heterocycles. The van der Waals surface area contributed by atoms with Crippen LogP contribution in [0.1, 0.15) is 11.1 Å². The fraction of sp³-hybridized carbons (Fsp3) is 0.214. The minimum Gasteiger partial charge on any atom is -0.326 e. The van der Waals surface area contributed by atoms with Crippen LogP contribution in [-0.2, 0) is 16.6 Å². The number of benzene rings is 1. The van der Waals surface area contributed by atoms with Crippen molar-refractivity contribution in [2.24, 2.45) is 5.73 Å². The van der Waals surface area contributed by atoms with E-state index in [4.69, 9.17) is 5.73 Å². The minimum absolute atomic E-state index is 0.0127. The molecule has 0 radical (unpaired) electrons. The van der Waals surface area contributed by atoms with E-state index in [9.17, 15) is 8.42 Å². The fourth-order valence-electron chi connectivity index (χ4n) is 1.79. The molecule has 0 unspecified atom stereocenters. The second-order valence-electron chi connectivity index (χ2n) is 4.52. The number of hydrogen-bond donors (Lipinski definition) is 1. The van der Waals surface area contributed by atoms with Gasteiger partial charge in [0.2, 0.25) is 0 Å². The molecule has 1 aromatic heterocycles. The molecule has 0 amide bonds. The van der Waals surface area contributed by atoms with E-state index in [2.05, 4.69) is 4.98 Å². The van der Waals surface area contributed by atoms with Gasteiger partial charge < -0.3 is 5.73 Å². The van der Waals surface area contributed by atoms with Gasteiger partial charge in [-0.05, 0) is 36.2 Å². The monoisotopic (exact) mass is 291 g/mol. The smallest absolute Gasteiger partial charge is 0.281 e. The first-order chi connectivity index (χ1) is 9.45. The minimum atomic E-state index is -3.65. The first-order valence-electron chi connectivity index (χ1n) is 6.16. The number of aryl methyl sites for hydroxylation is 1. The number of pyridine rings is 1. The standard InChI is InChI=1S/C14H17N3O2S/c1-11-4-3-5-13(8-11)17(2)20(18,19)14-7-6-12(9-15)10-16-14/h3-8,10H,9,15H2,1-2H3. The van der Waals surface area contributed by atoms with Gasteiger partial charge in [0.25, 0.3) is 10.0 Å². The van der Waals surface area contributed by atoms with Crippen LogP contribution < -0.4 is 10.0 Å². The van der Waals surface area contributed by atoms with Crippen molar-refractivity contribution >= 4 is 15.7 Å². The van der Waals surface area contributed by atoms with Crippen molar-refractivity contribution in [2.75, 3.05) is 11.4 Å². The van der Waals surface area contributed by atoms with Gasteiger partial charge in [-0.15, -0.1) is 0 Å². The van der Waals surface area contributed by atoms with Gasteiger partial charge in [0.1, 0.15) is 0 Å². The van der Waals surface area contributed by atoms with Crippen LogP contribution in [0.2, 0.25) is 0 Å². The highest BCUT2D eigenvalue weighted by Crippen LogP contribution is 2.21. The number of aromatic nitrogens is 1. The molecule has 20 heavy (non-hydrogen) atoms. The second-order valence-corrected chi connectivity index (χ2v) is 6.44. The molecule has 2 N–H and O–H groups in total. The highest BCUT2D eigenvalue weighted by Gasteiger charge is 2.22. The summed E-state index contributed by atoms with van der Waals surface area (Å²) in [5, 5.41) is 0.0127. The van der Waals surface area contributed by atoms with Crippen LogP contribution in [0.4, 0.5) is 5.69 Å². The molecule has 106 valence electrons. The van der Waals surface area contributed by atoms with Crippen molar-refractivity contribution in [1.82, 2.24) is 4.98 Å². The van der Waals surface area contributed by atoms with E-state index in [1.807, 2.05) is 25.1 Å². The van der Waals surface area contributed by atoms with E-state index in [0.29, 0.717) is 12.2 Å². The number of sulfonamides is 1. The molecular weight excluding hydrogens is 274 g/mol. The molecule has 1 heterocycles. The Morgan fingerprint density at radius 1 is 1.25 bits per heavy atom. The first kappa shape index (κ1) is 14.5. The molecule has 0 bridgehead atoms. The van der Waals surface area contributed by atoms with E-state index >= 15 is 0 Å². The lowest BCUT2D eigenvalue weighted by molar-refractivity contribution is 0.590. The largest absolute Gasteiger partial charge is 0.326 e. The third kappa shape index (κ3) is 2.81. The van der Waals surface area contributed by atoms with E-state index in [1.54, 1.807) is 12.1 Å². The van der Waals surface area contributed by atoms with Gasteiger partial charge in [-0.25, -0.2) is 4.98 Å². The van der Waals surface area contributed by atoms with E-state index < -0.39 is 10.0 Å². The Hall–Kier alpha value is -1.92. The lowest BCUT2D eigenvalue weighted by Gasteiger charge is -2.19. The summed E-state index contributed by atoms with van der Waals surface area (Å²) in [7, 11) is -2.14. The third-order valence-electron chi connectivity index (χ3n) is 3.02. The summed E-state index contributed by atoms with van der Waals surface area (Å²) >= 11 is 0. The van der Waals surface area contributed by atoms with Crippen molar-refractivity contribution in [3.63, 3.8) is 0 Å². The highest BCUT2D eigenvalue weighted by molar-refractivity contribution is 7.92. The Labute approximate surface area is 119 Å². The molecule has 0 aliphatic rings. The van der Waals surface area contributed by atoms with Gasteiger partial charge in [-0.1, -0.05) is 18.2 Å². The summed E-state index contributed by atoms with van der Waals surface area (Å²) in [6.07, 6.45) is 1.48. The number of rotatable bonds is 4. The maximum absolute atomic E-state index is 12.5. The normalized spacial score (nSPS) is 11.3. The van der Waals surface area contributed by atoms with Gasteiger partial charge in [0, 0.05) is 19.8 Å². The zero-order valence-corrected chi connectivity index (χ0v) is 12.3. The molecule has 0 atom stereocenters. The zero-order valence-electron chi connectivity index (χ0n) is 11.4. The van der Waals surface area contributed by atoms with Crippen molar-refractivity contribution < 1.29 is 8.42 Å². The average molecular weight is 291 g/mol. The third-order valence-corrected chi connectivity index (χ3v) is 4.73. The Morgan fingerprint density at radius 2 is 2.00 bits per heavy atom. The topological polar surface area (TPSA) is 76.3 Å². The Morgan fingerprint density at radius 3 is 2.55 bits per heavy atom. The van der Waals surface area contributed by atoms with Crippen LogP contribution in [0.15, 0.2) is 47.6 Å². The lowest BCUT2D eigenvalue weighted by Crippen LogP contribution is -2.27. The molecular formula is C14H17N3O2S. The van der Waals surface area contributed by atoms with Crippen LogP contribution in [0.3, 0.4) is 0 Å². The summed E-state index contributed by atoms with van der Waals surface area (Å²) in [5.41, 5.74) is 7.87. The van der Waals surface area contributed by atoms with E-state index in [1.165, 1.54) is 23.6 Å². The summed E-state index contributed by atoms with van der Waals surface area (Å²) in [4.78, 5) is 3.98. The maximum Gasteiger partial charge on any atom is 0.281 e. The Bertz CT molecular complexity index is 697. The predicted molar refractivity (Wildman–Crippen MR) is 78.9 cm³/mol. The van der Waals surface area contributed by atoms with Crippen molar-refractivity contribution in [3.05, 3.63) is 53.7 Å². The Kier molecular flexibility index (Phi) is 4.06. The van der Waals surface area contributed by atoms with E-state index in [0.717, 1.165) is 11.1 Å². The quantitative estimate of drug-likeness (QED) is 0.929. The summed E-state index contributed by atoms with van der Waals surface area (Å²) < 4.78 is 26.2. The molecule has 0 fully saturated rings. The second kappa shape index (κ2) is 5.60. The number of nitrogens with zero attached hydrogens (tertiary/aromatic N) is 2. The van der Waals surface area contributed by atoms with Gasteiger partial charge >= 0.3 is 0 Å². The summed E-state index contributed by atoms with van der Waals surface area (Å²) in [5.74, 6) is 0. The molecule has 1 aromatic carbocycles. The first-order valence-corrected chi connectivity index (χ1v) is 7.60. The van der Waals surface area contributed by atoms with Crippen LogP contribution in [0.25, 0.3) is 0 Å². The average Bonchev–Trinajstić information content (AvgIpc) is 2.46. The maximum atomic E-state index is 12.5. The molecule has 0 spiro atoms. The van der Waals surface area contributed by atoms with Gasteiger partial charge in [0.15, 0.2) is 5.03 Å². The number of hydrogen-bond acceptors (Lipinski definition) is 4. The molecule has 0 saturated heterocycles. The highest BCUT2D eigenvalue weighted by atomic mass is 32.2. The molecule has 6 heteroatoms. The summed E-state index contributed by atoms with van der Waals surface area (Å²) in [6, 6.07) is 10.4. The zero-order chi connectivity index (χ0) is 14.8. The van der Waals surface area contributed by atoms with Crippen LogP contribution in [0.5, 0.6) is 0 Å². The van der Waals surface area contributed by atoms with Crippen molar-refractivity contribution in [1.29, 1.82) is 0 Å². The van der Waals surface area contributed by atoms with Gasteiger partial charge in [0.05, 0.1) is 5.69 Å². The summed E-state index contributed by atoms with van der Waals surface area (Å²) in [6.45, 7) is 2.25. The number of nitrogens with two attached hydrogens (primary N) is 1. The van der Waals surface area contributed by atoms with Crippen LogP contribution >= 0.6 is 0 Å². The van der Waals surface area contributed by atoms with E-state index in [-0.39, 0.29) is 5.03 Å². The van der Waals surface area contributed by atoms with Crippen LogP contribution in [-0.4, -0.2) is 20.4 Å². The van der Waals surface area contributed by atoms with Gasteiger partial charge in [-0.2, -0.15) is 8.42 Å². The molecule has 5 nitrogen and oxygen atoms in total. The molecule has 2 rings (SSSR count). The molecule has 0 aliphatic carbocycles. The van der Waals surface area contributed by atoms with Crippen molar-refractivity contribution in [2.45, 2.75) is 18.5 Å². The number of anilines is 1. The fourth-order valence-corrected chi connectivity index (χ4v) is 2.88.